The zero-order chi connectivity index (χ0) is 22.3. The van der Waals surface area contributed by atoms with E-state index in [0.717, 1.165) is 12.8 Å². The van der Waals surface area contributed by atoms with Crippen LogP contribution in [0.4, 0.5) is 5.69 Å². The molecule has 1 amide bonds. The van der Waals surface area contributed by atoms with Crippen LogP contribution in [0.1, 0.15) is 36.0 Å². The number of piperidine rings is 1. The van der Waals surface area contributed by atoms with Gasteiger partial charge in [0.15, 0.2) is 0 Å². The fourth-order valence-electron chi connectivity index (χ4n) is 4.53. The Labute approximate surface area is 197 Å². The number of rotatable bonds is 4. The highest BCUT2D eigenvalue weighted by molar-refractivity contribution is 7.97. The van der Waals surface area contributed by atoms with Crippen LogP contribution in [0.25, 0.3) is 0 Å². The fourth-order valence-corrected chi connectivity index (χ4v) is 6.68. The van der Waals surface area contributed by atoms with Crippen molar-refractivity contribution in [2.75, 3.05) is 17.8 Å². The van der Waals surface area contributed by atoms with Crippen molar-refractivity contribution in [2.24, 2.45) is 5.92 Å². The number of nitrogens with one attached hydrogen (secondary N) is 2. The lowest BCUT2D eigenvalue weighted by Gasteiger charge is -2.36. The number of likely N-dealkylation sites (tertiary alicyclic amines) is 1. The van der Waals surface area contributed by atoms with E-state index in [0.29, 0.717) is 35.3 Å². The molecule has 7 nitrogen and oxygen atoms in total. The van der Waals surface area contributed by atoms with Crippen LogP contribution in [0, 0.1) is 5.92 Å². The molecule has 0 bridgehead atoms. The highest BCUT2D eigenvalue weighted by atomic mass is 35.5. The Balaban J connectivity index is 1.43. The van der Waals surface area contributed by atoms with Crippen molar-refractivity contribution >= 4 is 45.4 Å². The number of fused-ring (bicyclic) bond motifs is 2. The number of benzene rings is 1. The largest absolute Gasteiger partial charge is 0.335 e. The molecule has 1 unspecified atom stereocenters. The number of hydrogen-bond acceptors (Lipinski definition) is 6. The highest BCUT2D eigenvalue weighted by Crippen LogP contribution is 2.36. The van der Waals surface area contributed by atoms with Crippen molar-refractivity contribution in [3.05, 3.63) is 75.6 Å². The van der Waals surface area contributed by atoms with Gasteiger partial charge in [0.05, 0.1) is 29.1 Å². The van der Waals surface area contributed by atoms with Gasteiger partial charge in [0.25, 0.3) is 15.9 Å². The second-order valence-corrected chi connectivity index (χ2v) is 11.1. The number of nitrogens with zero attached hydrogens (tertiary/aromatic N) is 2. The maximum absolute atomic E-state index is 13.4. The molecular weight excluding hydrogens is 468 g/mol. The molecule has 1 fully saturated rings. The zero-order valence-corrected chi connectivity index (χ0v) is 19.6. The number of halogens is 1. The molecule has 3 heterocycles. The summed E-state index contributed by atoms with van der Waals surface area (Å²) in [6.45, 7) is 1.26. The lowest BCUT2D eigenvalue weighted by atomic mass is 9.82. The molecule has 5 rings (SSSR count). The summed E-state index contributed by atoms with van der Waals surface area (Å²) in [5, 5.41) is 0.351. The van der Waals surface area contributed by atoms with Gasteiger partial charge in [-0.25, -0.2) is 8.42 Å². The summed E-state index contributed by atoms with van der Waals surface area (Å²) >= 11 is 7.45. The monoisotopic (exact) mass is 490 g/mol. The molecule has 0 spiro atoms. The molecule has 1 saturated heterocycles. The third-order valence-electron chi connectivity index (χ3n) is 6.15. The summed E-state index contributed by atoms with van der Waals surface area (Å²) in [7, 11) is -3.96. The minimum Gasteiger partial charge on any atom is -0.335 e. The van der Waals surface area contributed by atoms with E-state index in [2.05, 4.69) is 15.5 Å². The first-order chi connectivity index (χ1) is 15.4. The number of carbonyl (C=O) groups excluding carboxylic acids is 1. The summed E-state index contributed by atoms with van der Waals surface area (Å²) in [4.78, 5) is 15.3. The van der Waals surface area contributed by atoms with E-state index in [1.165, 1.54) is 42.7 Å². The predicted octanol–water partition coefficient (Wildman–Crippen LogP) is 4.38. The normalized spacial score (nSPS) is 22.3. The van der Waals surface area contributed by atoms with Gasteiger partial charge in [0, 0.05) is 30.5 Å². The maximum atomic E-state index is 13.4. The number of hydrogen-bond donors (Lipinski definition) is 2. The minimum absolute atomic E-state index is 0.115. The summed E-state index contributed by atoms with van der Waals surface area (Å²) in [6.07, 6.45) is 13.3. The van der Waals surface area contributed by atoms with E-state index in [1.54, 1.807) is 39.8 Å². The lowest BCUT2D eigenvalue weighted by molar-refractivity contribution is 0.0731. The second-order valence-electron chi connectivity index (χ2n) is 8.15. The number of amides is 1. The van der Waals surface area contributed by atoms with Gasteiger partial charge in [-0.1, -0.05) is 23.3 Å². The van der Waals surface area contributed by atoms with Crippen molar-refractivity contribution in [1.82, 2.24) is 13.9 Å². The third kappa shape index (κ3) is 4.04. The van der Waals surface area contributed by atoms with Crippen LogP contribution < -0.4 is 9.44 Å². The Kier molecular flexibility index (Phi) is 5.73. The third-order valence-corrected chi connectivity index (χ3v) is 8.53. The van der Waals surface area contributed by atoms with Crippen molar-refractivity contribution in [3.8, 4) is 0 Å². The molecule has 0 saturated carbocycles. The van der Waals surface area contributed by atoms with Crippen LogP contribution in [0.3, 0.4) is 0 Å². The number of allylic oxidation sites excluding steroid dienone is 3. The van der Waals surface area contributed by atoms with Gasteiger partial charge >= 0.3 is 0 Å². The smallest absolute Gasteiger partial charge is 0.264 e. The number of sulfonamides is 1. The maximum Gasteiger partial charge on any atom is 0.264 e. The molecule has 2 N–H and O–H groups in total. The first-order valence-electron chi connectivity index (χ1n) is 10.5. The van der Waals surface area contributed by atoms with Gasteiger partial charge in [-0.2, -0.15) is 0 Å². The number of anilines is 1. The van der Waals surface area contributed by atoms with E-state index >= 15 is 0 Å². The molecule has 32 heavy (non-hydrogen) atoms. The Morgan fingerprint density at radius 1 is 1.28 bits per heavy atom. The Morgan fingerprint density at radius 3 is 3.03 bits per heavy atom. The first-order valence-corrected chi connectivity index (χ1v) is 13.2. The van der Waals surface area contributed by atoms with Crippen LogP contribution in [0.5, 0.6) is 0 Å². The van der Waals surface area contributed by atoms with Gasteiger partial charge in [0.2, 0.25) is 0 Å². The summed E-state index contributed by atoms with van der Waals surface area (Å²) < 4.78 is 33.8. The number of carbonyl (C=O) groups is 1. The van der Waals surface area contributed by atoms with Crippen molar-refractivity contribution in [3.63, 3.8) is 0 Å². The van der Waals surface area contributed by atoms with E-state index in [-0.39, 0.29) is 16.5 Å². The van der Waals surface area contributed by atoms with Crippen LogP contribution in [-0.4, -0.2) is 36.6 Å². The second kappa shape index (κ2) is 8.53. The minimum atomic E-state index is -3.96. The lowest BCUT2D eigenvalue weighted by Crippen LogP contribution is -2.40. The van der Waals surface area contributed by atoms with Crippen molar-refractivity contribution in [2.45, 2.75) is 25.7 Å². The molecule has 10 heteroatoms. The average molecular weight is 491 g/mol. The van der Waals surface area contributed by atoms with Gasteiger partial charge in [-0.05, 0) is 62.0 Å². The Morgan fingerprint density at radius 2 is 2.16 bits per heavy atom. The molecular formula is C22H23ClN4O3S2. The summed E-state index contributed by atoms with van der Waals surface area (Å²) in [6, 6.07) is 4.70. The van der Waals surface area contributed by atoms with Gasteiger partial charge < -0.3 is 9.62 Å². The zero-order valence-electron chi connectivity index (χ0n) is 17.3. The molecule has 0 aromatic heterocycles. The van der Waals surface area contributed by atoms with Crippen LogP contribution in [-0.2, 0) is 10.0 Å². The molecule has 3 aliphatic heterocycles. The SMILES string of the molecule is O=C(c1ccc(Cl)cc1NS(=O)(=O)C1=CC=CN2SNC=C12)N1CCC2CCCC=C2C1. The van der Waals surface area contributed by atoms with E-state index < -0.39 is 10.0 Å². The molecule has 1 aromatic carbocycles. The van der Waals surface area contributed by atoms with E-state index in [1.807, 2.05) is 0 Å². The van der Waals surface area contributed by atoms with E-state index in [4.69, 9.17) is 11.6 Å². The Hall–Kier alpha value is -2.36. The standard InChI is InChI=1S/C22H23ClN4O3S2/c23-17-7-8-18(22(28)26-11-9-15-4-1-2-5-16(15)14-26)19(12-17)25-32(29,30)21-6-3-10-27-20(21)13-24-31-27/h3,5-8,10,12-13,15,24-25H,1-2,4,9,11,14H2. The highest BCUT2D eigenvalue weighted by Gasteiger charge is 2.32. The molecule has 1 atom stereocenters. The molecule has 168 valence electrons. The average Bonchev–Trinajstić information content (AvgIpc) is 3.27. The topological polar surface area (TPSA) is 81.8 Å². The van der Waals surface area contributed by atoms with Crippen LogP contribution >= 0.6 is 23.7 Å². The first kappa shape index (κ1) is 21.5. The summed E-state index contributed by atoms with van der Waals surface area (Å²) in [5.74, 6) is 0.372. The molecule has 0 radical (unpaired) electrons. The van der Waals surface area contributed by atoms with Gasteiger partial charge in [0.1, 0.15) is 4.91 Å². The Bertz CT molecular complexity index is 1190. The molecule has 4 aliphatic rings. The quantitative estimate of drug-likeness (QED) is 0.481. The fraction of sp³-hybridized carbons (Fsp3) is 0.318. The predicted molar refractivity (Wildman–Crippen MR) is 128 cm³/mol. The van der Waals surface area contributed by atoms with Crippen molar-refractivity contribution in [1.29, 1.82) is 0 Å². The molecule has 1 aliphatic carbocycles. The molecule has 1 aromatic rings. The summed E-state index contributed by atoms with van der Waals surface area (Å²) in [5.41, 5.74) is 2.32. The van der Waals surface area contributed by atoms with Crippen molar-refractivity contribution < 1.29 is 13.2 Å². The van der Waals surface area contributed by atoms with Gasteiger partial charge in [-0.15, -0.1) is 0 Å². The van der Waals surface area contributed by atoms with Crippen LogP contribution in [0.2, 0.25) is 5.02 Å². The van der Waals surface area contributed by atoms with Crippen LogP contribution in [0.15, 0.2) is 65.0 Å². The van der Waals surface area contributed by atoms with E-state index in [9.17, 15) is 13.2 Å². The van der Waals surface area contributed by atoms with Gasteiger partial charge in [-0.3, -0.25) is 13.8 Å².